The first kappa shape index (κ1) is 13.1. The number of nitrogens with zero attached hydrogens (tertiary/aromatic N) is 2. The number of halogens is 1. The van der Waals surface area contributed by atoms with Crippen molar-refractivity contribution in [1.29, 1.82) is 0 Å². The Bertz CT molecular complexity index is 520. The van der Waals surface area contributed by atoms with E-state index in [1.165, 1.54) is 5.56 Å². The summed E-state index contributed by atoms with van der Waals surface area (Å²) in [5.74, 6) is 1.08. The summed E-state index contributed by atoms with van der Waals surface area (Å²) in [5, 5.41) is 3.44. The normalized spacial score (nSPS) is 10.6. The number of rotatable bonds is 5. The first-order valence-electron chi connectivity index (χ1n) is 6.20. The van der Waals surface area contributed by atoms with Gasteiger partial charge in [-0.15, -0.1) is 0 Å². The highest BCUT2D eigenvalue weighted by Gasteiger charge is 2.03. The van der Waals surface area contributed by atoms with Crippen LogP contribution in [0.2, 0.25) is 0 Å². The van der Waals surface area contributed by atoms with Gasteiger partial charge in [-0.1, -0.05) is 28.9 Å². The first-order chi connectivity index (χ1) is 8.70. The number of anilines is 1. The summed E-state index contributed by atoms with van der Waals surface area (Å²) in [6.07, 6.45) is 5.02. The fourth-order valence-corrected chi connectivity index (χ4v) is 2.27. The molecule has 0 atom stereocenters. The molecule has 0 spiro atoms. The Morgan fingerprint density at radius 2 is 2.22 bits per heavy atom. The van der Waals surface area contributed by atoms with Gasteiger partial charge in [0.25, 0.3) is 0 Å². The summed E-state index contributed by atoms with van der Waals surface area (Å²) in [4.78, 5) is 4.39. The summed E-state index contributed by atoms with van der Waals surface area (Å²) < 4.78 is 3.29. The van der Waals surface area contributed by atoms with Crippen LogP contribution in [0.1, 0.15) is 24.7 Å². The maximum absolute atomic E-state index is 4.39. The maximum Gasteiger partial charge on any atom is 0.128 e. The van der Waals surface area contributed by atoms with Crippen molar-refractivity contribution in [2.75, 3.05) is 5.32 Å². The second kappa shape index (κ2) is 6.05. The van der Waals surface area contributed by atoms with Crippen LogP contribution in [-0.2, 0) is 13.1 Å². The largest absolute Gasteiger partial charge is 0.378 e. The van der Waals surface area contributed by atoms with E-state index in [-0.39, 0.29) is 0 Å². The molecule has 0 aliphatic heterocycles. The van der Waals surface area contributed by atoms with Crippen LogP contribution in [0.4, 0.5) is 5.69 Å². The van der Waals surface area contributed by atoms with Crippen molar-refractivity contribution in [2.24, 2.45) is 0 Å². The van der Waals surface area contributed by atoms with Crippen LogP contribution in [0.25, 0.3) is 0 Å². The molecule has 0 saturated heterocycles. The van der Waals surface area contributed by atoms with Gasteiger partial charge in [-0.05, 0) is 31.0 Å². The van der Waals surface area contributed by atoms with E-state index in [1.807, 2.05) is 12.4 Å². The zero-order valence-electron chi connectivity index (χ0n) is 10.8. The molecule has 96 valence electrons. The lowest BCUT2D eigenvalue weighted by atomic mass is 10.2. The number of aryl methyl sites for hydroxylation is 2. The summed E-state index contributed by atoms with van der Waals surface area (Å²) in [5.41, 5.74) is 2.39. The van der Waals surface area contributed by atoms with Crippen LogP contribution in [0.5, 0.6) is 0 Å². The topological polar surface area (TPSA) is 29.9 Å². The molecule has 1 N–H and O–H groups in total. The van der Waals surface area contributed by atoms with Crippen molar-refractivity contribution < 1.29 is 0 Å². The quantitative estimate of drug-likeness (QED) is 0.905. The van der Waals surface area contributed by atoms with Gasteiger partial charge in [-0.25, -0.2) is 4.98 Å². The first-order valence-corrected chi connectivity index (χ1v) is 7.00. The Morgan fingerprint density at radius 1 is 1.39 bits per heavy atom. The molecule has 0 aliphatic rings. The highest BCUT2D eigenvalue weighted by atomic mass is 79.9. The van der Waals surface area contributed by atoms with E-state index < -0.39 is 0 Å². The number of imidazole rings is 1. The minimum absolute atomic E-state index is 0.754. The molecular weight excluding hydrogens is 290 g/mol. The smallest absolute Gasteiger partial charge is 0.128 e. The van der Waals surface area contributed by atoms with Crippen LogP contribution < -0.4 is 5.32 Å². The van der Waals surface area contributed by atoms with Crippen molar-refractivity contribution >= 4 is 21.6 Å². The van der Waals surface area contributed by atoms with Crippen molar-refractivity contribution in [2.45, 2.75) is 33.4 Å². The molecule has 3 nitrogen and oxygen atoms in total. The molecular formula is C14H18BrN3. The van der Waals surface area contributed by atoms with E-state index in [0.29, 0.717) is 0 Å². The number of hydrogen-bond acceptors (Lipinski definition) is 2. The molecule has 1 aromatic heterocycles. The Labute approximate surface area is 116 Å². The van der Waals surface area contributed by atoms with Crippen molar-refractivity contribution in [3.05, 3.63) is 46.5 Å². The molecule has 4 heteroatoms. The summed E-state index contributed by atoms with van der Waals surface area (Å²) >= 11 is 3.49. The molecule has 0 unspecified atom stereocenters. The molecule has 18 heavy (non-hydrogen) atoms. The molecule has 2 rings (SSSR count). The van der Waals surface area contributed by atoms with Gasteiger partial charge in [0.05, 0.1) is 6.54 Å². The second-order valence-electron chi connectivity index (χ2n) is 4.35. The number of hydrogen-bond donors (Lipinski definition) is 1. The van der Waals surface area contributed by atoms with Crippen LogP contribution in [0.3, 0.4) is 0 Å². The SMILES string of the molecule is CCCn1ccnc1CNc1cc(Br)ccc1C. The van der Waals surface area contributed by atoms with Crippen LogP contribution >= 0.6 is 15.9 Å². The van der Waals surface area contributed by atoms with E-state index in [2.05, 4.69) is 62.8 Å². The molecule has 2 aromatic rings. The molecule has 1 heterocycles. The van der Waals surface area contributed by atoms with Gasteiger partial charge < -0.3 is 9.88 Å². The van der Waals surface area contributed by atoms with Crippen molar-refractivity contribution in [3.8, 4) is 0 Å². The second-order valence-corrected chi connectivity index (χ2v) is 5.27. The Hall–Kier alpha value is -1.29. The average molecular weight is 308 g/mol. The van der Waals surface area contributed by atoms with E-state index in [9.17, 15) is 0 Å². The van der Waals surface area contributed by atoms with Crippen LogP contribution in [-0.4, -0.2) is 9.55 Å². The lowest BCUT2D eigenvalue weighted by molar-refractivity contribution is 0.644. The lowest BCUT2D eigenvalue weighted by Crippen LogP contribution is -2.09. The van der Waals surface area contributed by atoms with Gasteiger partial charge in [-0.2, -0.15) is 0 Å². The van der Waals surface area contributed by atoms with E-state index >= 15 is 0 Å². The van der Waals surface area contributed by atoms with Crippen LogP contribution in [0, 0.1) is 6.92 Å². The van der Waals surface area contributed by atoms with Gasteiger partial charge in [0, 0.05) is 29.1 Å². The summed E-state index contributed by atoms with van der Waals surface area (Å²) in [7, 11) is 0. The Kier molecular flexibility index (Phi) is 4.42. The molecule has 0 fully saturated rings. The zero-order valence-corrected chi connectivity index (χ0v) is 12.4. The summed E-state index contributed by atoms with van der Waals surface area (Å²) in [6.45, 7) is 6.06. The maximum atomic E-state index is 4.39. The Morgan fingerprint density at radius 3 is 3.00 bits per heavy atom. The van der Waals surface area contributed by atoms with Gasteiger partial charge >= 0.3 is 0 Å². The minimum atomic E-state index is 0.754. The highest BCUT2D eigenvalue weighted by Crippen LogP contribution is 2.21. The van der Waals surface area contributed by atoms with Gasteiger partial charge in [0.1, 0.15) is 5.82 Å². The van der Waals surface area contributed by atoms with Gasteiger partial charge in [0.15, 0.2) is 0 Å². The molecule has 1 aromatic carbocycles. The molecule has 0 aliphatic carbocycles. The van der Waals surface area contributed by atoms with E-state index in [0.717, 1.165) is 35.5 Å². The van der Waals surface area contributed by atoms with Crippen molar-refractivity contribution in [1.82, 2.24) is 9.55 Å². The third kappa shape index (κ3) is 3.13. The van der Waals surface area contributed by atoms with E-state index in [4.69, 9.17) is 0 Å². The molecule has 0 bridgehead atoms. The number of nitrogens with one attached hydrogen (secondary N) is 1. The lowest BCUT2D eigenvalue weighted by Gasteiger charge is -2.11. The fourth-order valence-electron chi connectivity index (χ4n) is 1.91. The zero-order chi connectivity index (χ0) is 13.0. The van der Waals surface area contributed by atoms with Crippen LogP contribution in [0.15, 0.2) is 35.1 Å². The fraction of sp³-hybridized carbons (Fsp3) is 0.357. The minimum Gasteiger partial charge on any atom is -0.378 e. The molecule has 0 radical (unpaired) electrons. The standard InChI is InChI=1S/C14H18BrN3/c1-3-7-18-8-6-16-14(18)10-17-13-9-12(15)5-4-11(13)2/h4-6,8-9,17H,3,7,10H2,1-2H3. The predicted molar refractivity (Wildman–Crippen MR) is 78.7 cm³/mol. The average Bonchev–Trinajstić information content (AvgIpc) is 2.78. The number of aromatic nitrogens is 2. The van der Waals surface area contributed by atoms with Gasteiger partial charge in [0.2, 0.25) is 0 Å². The van der Waals surface area contributed by atoms with Crippen molar-refractivity contribution in [3.63, 3.8) is 0 Å². The monoisotopic (exact) mass is 307 g/mol. The molecule has 0 saturated carbocycles. The third-order valence-electron chi connectivity index (χ3n) is 2.90. The third-order valence-corrected chi connectivity index (χ3v) is 3.40. The summed E-state index contributed by atoms with van der Waals surface area (Å²) in [6, 6.07) is 6.26. The highest BCUT2D eigenvalue weighted by molar-refractivity contribution is 9.10. The van der Waals surface area contributed by atoms with E-state index in [1.54, 1.807) is 0 Å². The Balaban J connectivity index is 2.06. The predicted octanol–water partition coefficient (Wildman–Crippen LogP) is 3.98. The van der Waals surface area contributed by atoms with Gasteiger partial charge in [-0.3, -0.25) is 0 Å². The number of benzene rings is 1. The molecule has 0 amide bonds.